The van der Waals surface area contributed by atoms with Crippen LogP contribution in [0.2, 0.25) is 0 Å². The first kappa shape index (κ1) is 11.3. The molecule has 3 N–H and O–H groups in total. The van der Waals surface area contributed by atoms with E-state index < -0.39 is 0 Å². The minimum atomic E-state index is -0.383. The van der Waals surface area contributed by atoms with Crippen molar-refractivity contribution in [3.05, 3.63) is 35.3 Å². The van der Waals surface area contributed by atoms with Crippen LogP contribution in [0.1, 0.15) is 27.8 Å². The van der Waals surface area contributed by atoms with E-state index in [-0.39, 0.29) is 5.91 Å². The van der Waals surface area contributed by atoms with Gasteiger partial charge in [-0.15, -0.1) is 0 Å². The van der Waals surface area contributed by atoms with Gasteiger partial charge in [0.05, 0.1) is 5.56 Å². The quantitative estimate of drug-likeness (QED) is 0.448. The minimum Gasteiger partial charge on any atom is -0.467 e. The highest BCUT2D eigenvalue weighted by molar-refractivity contribution is 5.93. The molecule has 2 rings (SSSR count). The van der Waals surface area contributed by atoms with Crippen molar-refractivity contribution >= 4 is 5.91 Å². The van der Waals surface area contributed by atoms with Crippen LogP contribution in [0.3, 0.4) is 0 Å². The summed E-state index contributed by atoms with van der Waals surface area (Å²) in [5, 5.41) is 4.20. The van der Waals surface area contributed by atoms with Crippen LogP contribution in [0.25, 0.3) is 0 Å². The molecule has 0 saturated heterocycles. The predicted molar refractivity (Wildman–Crippen MR) is 59.0 cm³/mol. The zero-order valence-electron chi connectivity index (χ0n) is 9.60. The summed E-state index contributed by atoms with van der Waals surface area (Å²) >= 11 is 0. The van der Waals surface area contributed by atoms with Crippen LogP contribution in [-0.4, -0.2) is 20.7 Å². The Labute approximate surface area is 97.6 Å². The fourth-order valence-corrected chi connectivity index (χ4v) is 1.52. The van der Waals surface area contributed by atoms with Gasteiger partial charge in [0.2, 0.25) is 0 Å². The van der Waals surface area contributed by atoms with Gasteiger partial charge in [-0.1, -0.05) is 0 Å². The van der Waals surface area contributed by atoms with E-state index in [1.165, 1.54) is 6.26 Å². The van der Waals surface area contributed by atoms with Gasteiger partial charge in [-0.05, 0) is 19.9 Å². The molecule has 7 nitrogen and oxygen atoms in total. The third-order valence-electron chi connectivity index (χ3n) is 2.32. The molecular formula is C10H13N5O2. The number of nitrogen functional groups attached to an aromatic ring is 1. The SMILES string of the molecule is Cc1nc(C)n(Cc2cc(C(=O)NN)co2)n1. The van der Waals surface area contributed by atoms with Crippen molar-refractivity contribution in [1.29, 1.82) is 0 Å². The third kappa shape index (κ3) is 2.34. The highest BCUT2D eigenvalue weighted by Crippen LogP contribution is 2.10. The van der Waals surface area contributed by atoms with E-state index in [1.54, 1.807) is 10.7 Å². The molecule has 0 aliphatic carbocycles. The van der Waals surface area contributed by atoms with Crippen molar-refractivity contribution in [1.82, 2.24) is 20.2 Å². The summed E-state index contributed by atoms with van der Waals surface area (Å²) in [5.74, 6) is 6.76. The number of amides is 1. The number of nitrogens with zero attached hydrogens (tertiary/aromatic N) is 3. The zero-order valence-corrected chi connectivity index (χ0v) is 9.60. The first-order chi connectivity index (χ1) is 8.10. The van der Waals surface area contributed by atoms with Crippen LogP contribution in [0.15, 0.2) is 16.7 Å². The Morgan fingerprint density at radius 3 is 2.94 bits per heavy atom. The smallest absolute Gasteiger partial charge is 0.268 e. The van der Waals surface area contributed by atoms with Gasteiger partial charge < -0.3 is 4.42 Å². The topological polar surface area (TPSA) is 99.0 Å². The summed E-state index contributed by atoms with van der Waals surface area (Å²) < 4.78 is 6.96. The van der Waals surface area contributed by atoms with E-state index >= 15 is 0 Å². The second-order valence-corrected chi connectivity index (χ2v) is 3.64. The largest absolute Gasteiger partial charge is 0.467 e. The molecule has 0 aromatic carbocycles. The van der Waals surface area contributed by atoms with Gasteiger partial charge in [-0.25, -0.2) is 15.5 Å². The number of furan rings is 1. The number of nitrogens with one attached hydrogen (secondary N) is 1. The normalized spacial score (nSPS) is 10.5. The molecule has 2 aromatic rings. The monoisotopic (exact) mass is 235 g/mol. The van der Waals surface area contributed by atoms with Gasteiger partial charge in [0.15, 0.2) is 0 Å². The van der Waals surface area contributed by atoms with Crippen LogP contribution in [0, 0.1) is 13.8 Å². The average Bonchev–Trinajstić information content (AvgIpc) is 2.86. The van der Waals surface area contributed by atoms with Crippen molar-refractivity contribution < 1.29 is 9.21 Å². The van der Waals surface area contributed by atoms with E-state index in [2.05, 4.69) is 10.1 Å². The van der Waals surface area contributed by atoms with Crippen LogP contribution in [-0.2, 0) is 6.54 Å². The van der Waals surface area contributed by atoms with Crippen molar-refractivity contribution in [3.63, 3.8) is 0 Å². The Kier molecular flexibility index (Phi) is 2.92. The molecule has 0 atom stereocenters. The Hall–Kier alpha value is -2.15. The summed E-state index contributed by atoms with van der Waals surface area (Å²) in [6.07, 6.45) is 1.36. The van der Waals surface area contributed by atoms with E-state index in [4.69, 9.17) is 10.3 Å². The molecular weight excluding hydrogens is 222 g/mol. The van der Waals surface area contributed by atoms with E-state index in [1.807, 2.05) is 19.3 Å². The maximum atomic E-state index is 11.2. The summed E-state index contributed by atoms with van der Waals surface area (Å²) in [6, 6.07) is 1.62. The second-order valence-electron chi connectivity index (χ2n) is 3.64. The standard InChI is InChI=1S/C10H13N5O2/c1-6-12-7(2)15(14-6)4-9-3-8(5-17-9)10(16)13-11/h3,5H,4,11H2,1-2H3,(H,13,16). The van der Waals surface area contributed by atoms with Gasteiger partial charge in [0, 0.05) is 0 Å². The van der Waals surface area contributed by atoms with Gasteiger partial charge in [0.1, 0.15) is 30.2 Å². The molecule has 0 radical (unpaired) electrons. The number of aromatic nitrogens is 3. The highest BCUT2D eigenvalue weighted by atomic mass is 16.3. The van der Waals surface area contributed by atoms with Gasteiger partial charge in [0.25, 0.3) is 5.91 Å². The lowest BCUT2D eigenvalue weighted by Gasteiger charge is -1.98. The summed E-state index contributed by atoms with van der Waals surface area (Å²) in [5.41, 5.74) is 2.43. The number of carbonyl (C=O) groups is 1. The lowest BCUT2D eigenvalue weighted by Crippen LogP contribution is -2.29. The molecule has 7 heteroatoms. The Bertz CT molecular complexity index is 543. The summed E-state index contributed by atoms with van der Waals surface area (Å²) in [7, 11) is 0. The van der Waals surface area contributed by atoms with Crippen molar-refractivity contribution in [2.24, 2.45) is 5.84 Å². The molecule has 0 fully saturated rings. The van der Waals surface area contributed by atoms with Gasteiger partial charge in [-0.3, -0.25) is 10.2 Å². The van der Waals surface area contributed by atoms with Gasteiger partial charge in [-0.2, -0.15) is 5.10 Å². The highest BCUT2D eigenvalue weighted by Gasteiger charge is 2.10. The minimum absolute atomic E-state index is 0.383. The third-order valence-corrected chi connectivity index (χ3v) is 2.32. The Morgan fingerprint density at radius 2 is 2.35 bits per heavy atom. The molecule has 0 unspecified atom stereocenters. The van der Waals surface area contributed by atoms with Crippen molar-refractivity contribution in [2.75, 3.05) is 0 Å². The van der Waals surface area contributed by atoms with E-state index in [0.717, 1.165) is 5.82 Å². The molecule has 0 aliphatic heterocycles. The summed E-state index contributed by atoms with van der Waals surface area (Å²) in [4.78, 5) is 15.4. The van der Waals surface area contributed by atoms with Gasteiger partial charge >= 0.3 is 0 Å². The average molecular weight is 235 g/mol. The maximum absolute atomic E-state index is 11.2. The number of carbonyl (C=O) groups excluding carboxylic acids is 1. The number of hydrogen-bond acceptors (Lipinski definition) is 5. The van der Waals surface area contributed by atoms with E-state index in [9.17, 15) is 4.79 Å². The van der Waals surface area contributed by atoms with Crippen molar-refractivity contribution in [3.8, 4) is 0 Å². The number of hydrazine groups is 1. The fraction of sp³-hybridized carbons (Fsp3) is 0.300. The van der Waals surface area contributed by atoms with Crippen LogP contribution < -0.4 is 11.3 Å². The zero-order chi connectivity index (χ0) is 12.4. The lowest BCUT2D eigenvalue weighted by atomic mass is 10.3. The lowest BCUT2D eigenvalue weighted by molar-refractivity contribution is 0.0953. The molecule has 1 amide bonds. The molecule has 17 heavy (non-hydrogen) atoms. The number of aryl methyl sites for hydroxylation is 2. The van der Waals surface area contributed by atoms with Crippen LogP contribution >= 0.6 is 0 Å². The predicted octanol–water partition coefficient (Wildman–Crippen LogP) is 0.140. The Morgan fingerprint density at radius 1 is 1.59 bits per heavy atom. The molecule has 0 bridgehead atoms. The van der Waals surface area contributed by atoms with E-state index in [0.29, 0.717) is 23.7 Å². The maximum Gasteiger partial charge on any atom is 0.268 e. The van der Waals surface area contributed by atoms with Crippen LogP contribution in [0.4, 0.5) is 0 Å². The molecule has 0 spiro atoms. The molecule has 0 aliphatic rings. The van der Waals surface area contributed by atoms with Crippen LogP contribution in [0.5, 0.6) is 0 Å². The first-order valence-corrected chi connectivity index (χ1v) is 5.06. The van der Waals surface area contributed by atoms with Crippen molar-refractivity contribution in [2.45, 2.75) is 20.4 Å². The molecule has 2 aromatic heterocycles. The molecule has 90 valence electrons. The Balaban J connectivity index is 2.17. The number of nitrogens with two attached hydrogens (primary N) is 1. The molecule has 0 saturated carbocycles. The number of rotatable bonds is 3. The first-order valence-electron chi connectivity index (χ1n) is 5.06. The fourth-order valence-electron chi connectivity index (χ4n) is 1.52. The molecule has 2 heterocycles. The second kappa shape index (κ2) is 4.38. The summed E-state index contributed by atoms with van der Waals surface area (Å²) in [6.45, 7) is 4.11. The number of hydrogen-bond donors (Lipinski definition) is 2.